The van der Waals surface area contributed by atoms with E-state index in [0.717, 1.165) is 0 Å². The standard InChI is InChI=1S/C12H15NO2Si/c1-5-10-8-6-7-9-11(10)13(12(14)15)16(2,3)4/h1,6-9H,2-4H3,(H,14,15). The number of terminal acetylenes is 1. The summed E-state index contributed by atoms with van der Waals surface area (Å²) in [5.74, 6) is 2.52. The van der Waals surface area contributed by atoms with E-state index in [1.165, 1.54) is 4.57 Å². The van der Waals surface area contributed by atoms with Crippen LogP contribution in [0.2, 0.25) is 19.6 Å². The largest absolute Gasteiger partial charge is 0.465 e. The number of para-hydroxylation sites is 1. The Kier molecular flexibility index (Phi) is 3.40. The normalized spacial score (nSPS) is 10.6. The van der Waals surface area contributed by atoms with Crippen LogP contribution in [0.1, 0.15) is 5.56 Å². The Morgan fingerprint density at radius 1 is 1.38 bits per heavy atom. The van der Waals surface area contributed by atoms with Crippen molar-refractivity contribution in [3.63, 3.8) is 0 Å². The molecule has 0 bridgehead atoms. The van der Waals surface area contributed by atoms with Gasteiger partial charge in [-0.1, -0.05) is 37.7 Å². The van der Waals surface area contributed by atoms with Crippen LogP contribution in [-0.4, -0.2) is 19.4 Å². The number of hydrogen-bond acceptors (Lipinski definition) is 1. The first kappa shape index (κ1) is 12.3. The minimum Gasteiger partial charge on any atom is -0.465 e. The summed E-state index contributed by atoms with van der Waals surface area (Å²) in [7, 11) is -2.00. The third-order valence-electron chi connectivity index (χ3n) is 2.16. The predicted molar refractivity (Wildman–Crippen MR) is 68.2 cm³/mol. The molecule has 4 heteroatoms. The Hall–Kier alpha value is -1.73. The van der Waals surface area contributed by atoms with Gasteiger partial charge in [-0.25, -0.2) is 4.79 Å². The molecule has 0 aliphatic heterocycles. The van der Waals surface area contributed by atoms with Gasteiger partial charge in [0.05, 0.1) is 5.69 Å². The topological polar surface area (TPSA) is 40.5 Å². The van der Waals surface area contributed by atoms with Crippen molar-refractivity contribution < 1.29 is 9.90 Å². The highest BCUT2D eigenvalue weighted by atomic mass is 28.3. The molecule has 16 heavy (non-hydrogen) atoms. The van der Waals surface area contributed by atoms with E-state index in [-0.39, 0.29) is 0 Å². The zero-order valence-electron chi connectivity index (χ0n) is 9.69. The maximum absolute atomic E-state index is 11.3. The summed E-state index contributed by atoms with van der Waals surface area (Å²) in [6.07, 6.45) is 4.43. The summed E-state index contributed by atoms with van der Waals surface area (Å²) in [5.41, 5.74) is 1.23. The number of anilines is 1. The summed E-state index contributed by atoms with van der Waals surface area (Å²) in [5, 5.41) is 9.27. The molecule has 84 valence electrons. The van der Waals surface area contributed by atoms with Crippen LogP contribution >= 0.6 is 0 Å². The number of carboxylic acid groups (broad SMARTS) is 1. The van der Waals surface area contributed by atoms with Gasteiger partial charge in [0.1, 0.15) is 0 Å². The van der Waals surface area contributed by atoms with E-state index in [2.05, 4.69) is 5.92 Å². The molecule has 0 aliphatic rings. The summed E-state index contributed by atoms with van der Waals surface area (Å²) < 4.78 is 1.42. The van der Waals surface area contributed by atoms with Crippen molar-refractivity contribution in [3.05, 3.63) is 29.8 Å². The fourth-order valence-corrected chi connectivity index (χ4v) is 3.03. The van der Waals surface area contributed by atoms with Crippen molar-refractivity contribution >= 4 is 20.0 Å². The van der Waals surface area contributed by atoms with E-state index in [1.54, 1.807) is 18.2 Å². The number of nitrogens with zero attached hydrogens (tertiary/aromatic N) is 1. The molecule has 0 radical (unpaired) electrons. The first-order valence-electron chi connectivity index (χ1n) is 4.96. The smallest absolute Gasteiger partial charge is 0.403 e. The molecule has 0 saturated carbocycles. The molecule has 0 aromatic heterocycles. The van der Waals surface area contributed by atoms with Gasteiger partial charge in [-0.15, -0.1) is 6.42 Å². The third-order valence-corrected chi connectivity index (χ3v) is 3.94. The Bertz CT molecular complexity index is 443. The molecule has 0 heterocycles. The number of benzene rings is 1. The molecule has 1 N–H and O–H groups in total. The van der Waals surface area contributed by atoms with Gasteiger partial charge < -0.3 is 9.67 Å². The molecule has 0 atom stereocenters. The number of amides is 1. The molecule has 1 rings (SSSR count). The SMILES string of the molecule is C#Cc1ccccc1N(C(=O)O)[Si](C)(C)C. The van der Waals surface area contributed by atoms with Crippen LogP contribution in [0.25, 0.3) is 0 Å². The first-order chi connectivity index (χ1) is 7.38. The van der Waals surface area contributed by atoms with Gasteiger partial charge >= 0.3 is 6.09 Å². The van der Waals surface area contributed by atoms with Crippen LogP contribution in [-0.2, 0) is 0 Å². The Balaban J connectivity index is 3.34. The average molecular weight is 233 g/mol. The molecule has 0 unspecified atom stereocenters. The highest BCUT2D eigenvalue weighted by Crippen LogP contribution is 2.25. The summed E-state index contributed by atoms with van der Waals surface area (Å²) in [6.45, 7) is 5.90. The molecule has 0 fully saturated rings. The minimum atomic E-state index is -2.00. The van der Waals surface area contributed by atoms with E-state index in [9.17, 15) is 9.90 Å². The summed E-state index contributed by atoms with van der Waals surface area (Å²) in [6, 6.07) is 7.11. The lowest BCUT2D eigenvalue weighted by Crippen LogP contribution is -2.49. The zero-order chi connectivity index (χ0) is 12.3. The van der Waals surface area contributed by atoms with Crippen molar-refractivity contribution in [1.29, 1.82) is 0 Å². The van der Waals surface area contributed by atoms with Gasteiger partial charge in [-0.3, -0.25) is 0 Å². The molecule has 1 aromatic carbocycles. The van der Waals surface area contributed by atoms with Gasteiger partial charge in [0, 0.05) is 5.56 Å². The predicted octanol–water partition coefficient (Wildman–Crippen LogP) is 2.99. The maximum atomic E-state index is 11.3. The maximum Gasteiger partial charge on any atom is 0.403 e. The Morgan fingerprint density at radius 3 is 2.38 bits per heavy atom. The van der Waals surface area contributed by atoms with Crippen LogP contribution in [0.5, 0.6) is 0 Å². The Morgan fingerprint density at radius 2 is 1.94 bits per heavy atom. The quantitative estimate of drug-likeness (QED) is 0.630. The second kappa shape index (κ2) is 4.41. The van der Waals surface area contributed by atoms with Crippen LogP contribution in [0.15, 0.2) is 24.3 Å². The van der Waals surface area contributed by atoms with E-state index < -0.39 is 14.3 Å². The fourth-order valence-electron chi connectivity index (χ4n) is 1.54. The number of hydrogen-bond donors (Lipinski definition) is 1. The first-order valence-corrected chi connectivity index (χ1v) is 8.41. The molecule has 1 amide bonds. The van der Waals surface area contributed by atoms with E-state index in [1.807, 2.05) is 25.7 Å². The van der Waals surface area contributed by atoms with Crippen molar-refractivity contribution in [2.45, 2.75) is 19.6 Å². The van der Waals surface area contributed by atoms with Gasteiger partial charge in [-0.05, 0) is 12.1 Å². The molecule has 0 saturated heterocycles. The lowest BCUT2D eigenvalue weighted by Gasteiger charge is -2.32. The van der Waals surface area contributed by atoms with Crippen molar-refractivity contribution in [3.8, 4) is 12.3 Å². The minimum absolute atomic E-state index is 0.608. The van der Waals surface area contributed by atoms with Crippen LogP contribution in [0.3, 0.4) is 0 Å². The monoisotopic (exact) mass is 233 g/mol. The Labute approximate surface area is 96.8 Å². The lowest BCUT2D eigenvalue weighted by atomic mass is 10.2. The van der Waals surface area contributed by atoms with Crippen LogP contribution in [0.4, 0.5) is 10.5 Å². The van der Waals surface area contributed by atoms with E-state index in [4.69, 9.17) is 6.42 Å². The third kappa shape index (κ3) is 2.44. The summed E-state index contributed by atoms with van der Waals surface area (Å²) >= 11 is 0. The van der Waals surface area contributed by atoms with Crippen molar-refractivity contribution in [2.24, 2.45) is 0 Å². The van der Waals surface area contributed by atoms with Gasteiger partial charge in [0.25, 0.3) is 0 Å². The van der Waals surface area contributed by atoms with Crippen molar-refractivity contribution in [1.82, 2.24) is 0 Å². The van der Waals surface area contributed by atoms with Crippen molar-refractivity contribution in [2.75, 3.05) is 4.57 Å². The molecule has 0 spiro atoms. The van der Waals surface area contributed by atoms with Gasteiger partial charge in [0.2, 0.25) is 0 Å². The lowest BCUT2D eigenvalue weighted by molar-refractivity contribution is 0.205. The fraction of sp³-hybridized carbons (Fsp3) is 0.250. The van der Waals surface area contributed by atoms with Crippen LogP contribution in [0, 0.1) is 12.3 Å². The van der Waals surface area contributed by atoms with E-state index >= 15 is 0 Å². The molecule has 3 nitrogen and oxygen atoms in total. The van der Waals surface area contributed by atoms with Crippen LogP contribution < -0.4 is 4.57 Å². The average Bonchev–Trinajstić information content (AvgIpc) is 2.15. The molecular weight excluding hydrogens is 218 g/mol. The molecule has 0 aliphatic carbocycles. The second-order valence-electron chi connectivity index (χ2n) is 4.45. The van der Waals surface area contributed by atoms with Gasteiger partial charge in [0.15, 0.2) is 8.24 Å². The molecule has 1 aromatic rings. The highest BCUT2D eigenvalue weighted by molar-refractivity contribution is 6.82. The van der Waals surface area contributed by atoms with Gasteiger partial charge in [-0.2, -0.15) is 0 Å². The number of rotatable bonds is 2. The van der Waals surface area contributed by atoms with E-state index in [0.29, 0.717) is 11.3 Å². The number of carbonyl (C=O) groups is 1. The molecular formula is C12H15NO2Si. The summed E-state index contributed by atoms with van der Waals surface area (Å²) in [4.78, 5) is 11.3. The zero-order valence-corrected chi connectivity index (χ0v) is 10.7. The second-order valence-corrected chi connectivity index (χ2v) is 9.24. The highest BCUT2D eigenvalue weighted by Gasteiger charge is 2.31.